The third-order valence-electron chi connectivity index (χ3n) is 1.68. The summed E-state index contributed by atoms with van der Waals surface area (Å²) in [6, 6.07) is -0.433. The van der Waals surface area contributed by atoms with Gasteiger partial charge in [0.25, 0.3) is 0 Å². The molecule has 0 aromatic carbocycles. The molecule has 1 aliphatic rings. The summed E-state index contributed by atoms with van der Waals surface area (Å²) in [7, 11) is 6.97. The van der Waals surface area contributed by atoms with Crippen LogP contribution < -0.4 is 0 Å². The van der Waals surface area contributed by atoms with Crippen LogP contribution in [0.4, 0.5) is 0 Å². The standard InChI is InChI=1S/C6H11BO3S/c1-9-3-6(11)4(8)2-5(7)10-6/h4-5,8,11H,2-3H2,1H3/t4-,5-,6+/m1/s1. The van der Waals surface area contributed by atoms with Crippen LogP contribution in [0.2, 0.25) is 0 Å². The number of thiol groups is 1. The Morgan fingerprint density at radius 3 is 2.91 bits per heavy atom. The molecular weight excluding hydrogens is 163 g/mol. The van der Waals surface area contributed by atoms with Crippen LogP contribution in [0.1, 0.15) is 6.42 Å². The Balaban J connectivity index is 2.55. The van der Waals surface area contributed by atoms with Gasteiger partial charge in [0.05, 0.1) is 12.7 Å². The fraction of sp³-hybridized carbons (Fsp3) is 1.00. The van der Waals surface area contributed by atoms with E-state index in [2.05, 4.69) is 12.6 Å². The minimum Gasteiger partial charge on any atom is -0.389 e. The van der Waals surface area contributed by atoms with Crippen molar-refractivity contribution < 1.29 is 14.6 Å². The van der Waals surface area contributed by atoms with Crippen LogP contribution >= 0.6 is 12.6 Å². The first-order valence-electron chi connectivity index (χ1n) is 3.41. The lowest BCUT2D eigenvalue weighted by molar-refractivity contribution is -0.0411. The summed E-state index contributed by atoms with van der Waals surface area (Å²) >= 11 is 4.14. The van der Waals surface area contributed by atoms with E-state index in [1.54, 1.807) is 0 Å². The molecule has 0 aliphatic carbocycles. The fourth-order valence-electron chi connectivity index (χ4n) is 1.13. The van der Waals surface area contributed by atoms with Crippen molar-refractivity contribution in [1.82, 2.24) is 0 Å². The van der Waals surface area contributed by atoms with Crippen molar-refractivity contribution >= 4 is 20.5 Å². The normalized spacial score (nSPS) is 44.6. The Morgan fingerprint density at radius 2 is 2.55 bits per heavy atom. The Hall–Kier alpha value is 0.295. The maximum atomic E-state index is 9.39. The van der Waals surface area contributed by atoms with E-state index in [9.17, 15) is 5.11 Å². The van der Waals surface area contributed by atoms with Crippen LogP contribution in [0.3, 0.4) is 0 Å². The zero-order chi connectivity index (χ0) is 8.48. The molecule has 3 nitrogen and oxygen atoms in total. The Bertz CT molecular complexity index is 146. The van der Waals surface area contributed by atoms with E-state index in [4.69, 9.17) is 17.3 Å². The molecule has 1 N–H and O–H groups in total. The third-order valence-corrected chi connectivity index (χ3v) is 2.22. The molecule has 1 heterocycles. The van der Waals surface area contributed by atoms with E-state index in [1.165, 1.54) is 7.11 Å². The molecule has 1 rings (SSSR count). The predicted octanol–water partition coefficient (Wildman–Crippen LogP) is -0.465. The fourth-order valence-corrected chi connectivity index (χ4v) is 1.50. The monoisotopic (exact) mass is 174 g/mol. The van der Waals surface area contributed by atoms with Gasteiger partial charge in [-0.3, -0.25) is 0 Å². The lowest BCUT2D eigenvalue weighted by atomic mass is 9.96. The van der Waals surface area contributed by atoms with Gasteiger partial charge in [-0.05, 0) is 6.42 Å². The second-order valence-corrected chi connectivity index (χ2v) is 3.44. The summed E-state index contributed by atoms with van der Waals surface area (Å²) in [4.78, 5) is -0.922. The van der Waals surface area contributed by atoms with Gasteiger partial charge in [0.1, 0.15) is 7.85 Å². The molecule has 0 spiro atoms. The average molecular weight is 174 g/mol. The first kappa shape index (κ1) is 9.38. The van der Waals surface area contributed by atoms with Crippen molar-refractivity contribution in [2.75, 3.05) is 13.7 Å². The first-order chi connectivity index (χ1) is 5.08. The molecule has 0 amide bonds. The topological polar surface area (TPSA) is 38.7 Å². The predicted molar refractivity (Wildman–Crippen MR) is 44.8 cm³/mol. The highest BCUT2D eigenvalue weighted by Gasteiger charge is 2.43. The minimum atomic E-state index is -0.922. The number of methoxy groups -OCH3 is 1. The van der Waals surface area contributed by atoms with Gasteiger partial charge in [0.2, 0.25) is 0 Å². The maximum absolute atomic E-state index is 9.39. The van der Waals surface area contributed by atoms with Crippen molar-refractivity contribution in [1.29, 1.82) is 0 Å². The largest absolute Gasteiger partial charge is 0.389 e. The molecule has 62 valence electrons. The zero-order valence-electron chi connectivity index (χ0n) is 6.36. The van der Waals surface area contributed by atoms with Crippen LogP contribution in [0.15, 0.2) is 0 Å². The Labute approximate surface area is 72.9 Å². The van der Waals surface area contributed by atoms with Gasteiger partial charge in [0.15, 0.2) is 4.93 Å². The van der Waals surface area contributed by atoms with Gasteiger partial charge in [-0.15, -0.1) is 12.6 Å². The summed E-state index contributed by atoms with van der Waals surface area (Å²) in [6.07, 6.45) is -0.242. The van der Waals surface area contributed by atoms with Gasteiger partial charge in [-0.2, -0.15) is 0 Å². The van der Waals surface area contributed by atoms with Crippen LogP contribution in [-0.4, -0.2) is 43.7 Å². The number of aliphatic hydroxyl groups is 1. The molecule has 1 saturated heterocycles. The lowest BCUT2D eigenvalue weighted by Crippen LogP contribution is -2.38. The Morgan fingerprint density at radius 1 is 1.91 bits per heavy atom. The SMILES string of the molecule is [B][C@H]1C[C@@H](O)[C@@](S)(COC)O1. The molecule has 0 saturated carbocycles. The maximum Gasteiger partial charge on any atom is 0.159 e. The second-order valence-electron chi connectivity index (χ2n) is 2.69. The smallest absolute Gasteiger partial charge is 0.159 e. The van der Waals surface area contributed by atoms with Crippen LogP contribution in [-0.2, 0) is 9.47 Å². The van der Waals surface area contributed by atoms with E-state index >= 15 is 0 Å². The van der Waals surface area contributed by atoms with Crippen LogP contribution in [0, 0.1) is 0 Å². The summed E-state index contributed by atoms with van der Waals surface area (Å²) in [5, 5.41) is 9.39. The van der Waals surface area contributed by atoms with E-state index in [0.717, 1.165) is 0 Å². The molecule has 11 heavy (non-hydrogen) atoms. The van der Waals surface area contributed by atoms with Crippen molar-refractivity contribution in [2.45, 2.75) is 23.5 Å². The summed E-state index contributed by atoms with van der Waals surface area (Å²) in [5.74, 6) is 0. The van der Waals surface area contributed by atoms with E-state index < -0.39 is 17.0 Å². The molecule has 0 bridgehead atoms. The molecule has 2 radical (unpaired) electrons. The van der Waals surface area contributed by atoms with E-state index in [0.29, 0.717) is 6.42 Å². The van der Waals surface area contributed by atoms with Gasteiger partial charge in [0, 0.05) is 13.1 Å². The number of hydrogen-bond donors (Lipinski definition) is 2. The Kier molecular flexibility index (Phi) is 2.86. The minimum absolute atomic E-state index is 0.241. The molecule has 0 unspecified atom stereocenters. The van der Waals surface area contributed by atoms with Crippen molar-refractivity contribution in [3.8, 4) is 0 Å². The molecule has 3 atom stereocenters. The van der Waals surface area contributed by atoms with Gasteiger partial charge < -0.3 is 14.6 Å². The highest BCUT2D eigenvalue weighted by atomic mass is 32.1. The second kappa shape index (κ2) is 3.35. The summed E-state index contributed by atoms with van der Waals surface area (Å²) < 4.78 is 10.00. The lowest BCUT2D eigenvalue weighted by Gasteiger charge is -2.25. The number of hydrogen-bond acceptors (Lipinski definition) is 4. The summed E-state index contributed by atoms with van der Waals surface area (Å²) in [5.41, 5.74) is 0. The molecule has 1 fully saturated rings. The first-order valence-corrected chi connectivity index (χ1v) is 3.86. The zero-order valence-corrected chi connectivity index (χ0v) is 7.25. The van der Waals surface area contributed by atoms with Crippen molar-refractivity contribution in [3.63, 3.8) is 0 Å². The van der Waals surface area contributed by atoms with E-state index in [-0.39, 0.29) is 6.61 Å². The van der Waals surface area contributed by atoms with Crippen molar-refractivity contribution in [2.24, 2.45) is 0 Å². The van der Waals surface area contributed by atoms with E-state index in [1.807, 2.05) is 0 Å². The number of aliphatic hydroxyl groups excluding tert-OH is 1. The quantitative estimate of drug-likeness (QED) is 0.439. The van der Waals surface area contributed by atoms with Crippen molar-refractivity contribution in [3.05, 3.63) is 0 Å². The average Bonchev–Trinajstić information content (AvgIpc) is 2.08. The molecule has 0 aromatic rings. The number of rotatable bonds is 2. The van der Waals surface area contributed by atoms with Gasteiger partial charge >= 0.3 is 0 Å². The van der Waals surface area contributed by atoms with Gasteiger partial charge in [-0.1, -0.05) is 0 Å². The summed E-state index contributed by atoms with van der Waals surface area (Å²) in [6.45, 7) is 0.241. The number of ether oxygens (including phenoxy) is 2. The highest BCUT2D eigenvalue weighted by Crippen LogP contribution is 2.32. The third kappa shape index (κ3) is 1.90. The molecule has 5 heteroatoms. The van der Waals surface area contributed by atoms with Crippen LogP contribution in [0.25, 0.3) is 0 Å². The molecular formula is C6H11BO3S. The molecule has 1 aliphatic heterocycles. The van der Waals surface area contributed by atoms with Crippen LogP contribution in [0.5, 0.6) is 0 Å². The molecule has 0 aromatic heterocycles. The van der Waals surface area contributed by atoms with Gasteiger partial charge in [-0.25, -0.2) is 0 Å². The highest BCUT2D eigenvalue weighted by molar-refractivity contribution is 7.81.